The summed E-state index contributed by atoms with van der Waals surface area (Å²) in [4.78, 5) is 31.8. The summed E-state index contributed by atoms with van der Waals surface area (Å²) >= 11 is 1.54. The molecule has 0 unspecified atom stereocenters. The number of hydrogen-bond acceptors (Lipinski definition) is 9. The number of anilines is 1. The van der Waals surface area contributed by atoms with Crippen molar-refractivity contribution in [1.29, 1.82) is 0 Å². The maximum Gasteiger partial charge on any atom is 0.269 e. The molecular weight excluding hydrogens is 434 g/mol. The average molecular weight is 460 g/mol. The maximum atomic E-state index is 12.3. The monoisotopic (exact) mass is 459 g/mol. The van der Waals surface area contributed by atoms with E-state index in [2.05, 4.69) is 25.7 Å². The molecule has 0 aliphatic heterocycles. The fourth-order valence-electron chi connectivity index (χ4n) is 2.93. The van der Waals surface area contributed by atoms with Crippen molar-refractivity contribution in [2.24, 2.45) is 0 Å². The molecule has 0 radical (unpaired) electrons. The van der Waals surface area contributed by atoms with E-state index in [1.54, 1.807) is 10.9 Å². The van der Waals surface area contributed by atoms with Gasteiger partial charge in [0, 0.05) is 37.4 Å². The molecule has 1 aromatic carbocycles. The Morgan fingerprint density at radius 3 is 2.69 bits per heavy atom. The van der Waals surface area contributed by atoms with Crippen molar-refractivity contribution >= 4 is 40.2 Å². The third kappa shape index (κ3) is 5.92. The number of aromatic nitrogens is 4. The number of hydrogen-bond donors (Lipinski definition) is 2. The van der Waals surface area contributed by atoms with Gasteiger partial charge in [-0.15, -0.1) is 0 Å². The molecule has 0 bridgehead atoms. The second-order valence-corrected chi connectivity index (χ2v) is 7.81. The van der Waals surface area contributed by atoms with E-state index >= 15 is 0 Å². The van der Waals surface area contributed by atoms with E-state index in [-0.39, 0.29) is 11.6 Å². The van der Waals surface area contributed by atoms with Crippen LogP contribution in [0.1, 0.15) is 24.2 Å². The number of carbonyl (C=O) groups is 1. The number of nitrogens with zero attached hydrogens (tertiary/aromatic N) is 5. The molecule has 32 heavy (non-hydrogen) atoms. The first kappa shape index (κ1) is 23.4. The highest BCUT2D eigenvalue weighted by atomic mass is 32.2. The standard InChI is InChI=1S/C20H25N7O4S/c1-3-31-12-10-21-17-16-13-23-26(18(16)25-20(24-17)32-4-2)11-9-22-19(28)14-5-7-15(8-6-14)27(29)30/h5-8,13H,3-4,9-12H2,1-2H3,(H,22,28)(H,21,24,25). The van der Waals surface area contributed by atoms with Crippen LogP contribution in [0.2, 0.25) is 0 Å². The molecular formula is C20H25N7O4S. The fourth-order valence-corrected chi connectivity index (χ4v) is 3.49. The van der Waals surface area contributed by atoms with E-state index in [0.717, 1.165) is 11.1 Å². The van der Waals surface area contributed by atoms with Gasteiger partial charge >= 0.3 is 0 Å². The third-order valence-corrected chi connectivity index (χ3v) is 5.17. The maximum absolute atomic E-state index is 12.3. The van der Waals surface area contributed by atoms with Crippen LogP contribution in [0.25, 0.3) is 11.0 Å². The zero-order valence-electron chi connectivity index (χ0n) is 17.9. The van der Waals surface area contributed by atoms with Crippen LogP contribution in [-0.4, -0.2) is 62.6 Å². The van der Waals surface area contributed by atoms with Gasteiger partial charge in [-0.2, -0.15) is 5.10 Å². The van der Waals surface area contributed by atoms with Crippen LogP contribution in [0.4, 0.5) is 11.5 Å². The highest BCUT2D eigenvalue weighted by molar-refractivity contribution is 7.99. The van der Waals surface area contributed by atoms with Crippen molar-refractivity contribution in [1.82, 2.24) is 25.1 Å². The van der Waals surface area contributed by atoms with Crippen LogP contribution in [0.15, 0.2) is 35.6 Å². The molecule has 0 saturated heterocycles. The first-order valence-corrected chi connectivity index (χ1v) is 11.2. The minimum atomic E-state index is -0.503. The lowest BCUT2D eigenvalue weighted by Gasteiger charge is -2.10. The number of nitro benzene ring substituents is 1. The van der Waals surface area contributed by atoms with Crippen molar-refractivity contribution in [2.45, 2.75) is 25.5 Å². The number of rotatable bonds is 12. The molecule has 11 nitrogen and oxygen atoms in total. The van der Waals surface area contributed by atoms with Crippen LogP contribution in [0.5, 0.6) is 0 Å². The number of amides is 1. The van der Waals surface area contributed by atoms with Gasteiger partial charge in [0.05, 0.1) is 29.7 Å². The number of benzene rings is 1. The Kier molecular flexibility index (Phi) is 8.34. The molecule has 0 atom stereocenters. The van der Waals surface area contributed by atoms with E-state index < -0.39 is 4.92 Å². The molecule has 0 aliphatic carbocycles. The van der Waals surface area contributed by atoms with Crippen LogP contribution in [-0.2, 0) is 11.3 Å². The molecule has 170 valence electrons. The van der Waals surface area contributed by atoms with Gasteiger partial charge in [0.2, 0.25) is 0 Å². The summed E-state index contributed by atoms with van der Waals surface area (Å²) in [6.07, 6.45) is 1.71. The Bertz CT molecular complexity index is 1070. The van der Waals surface area contributed by atoms with Gasteiger partial charge in [-0.3, -0.25) is 14.9 Å². The molecule has 3 rings (SSSR count). The first-order chi connectivity index (χ1) is 15.5. The molecule has 3 aromatic rings. The van der Waals surface area contributed by atoms with Crippen LogP contribution < -0.4 is 10.6 Å². The number of non-ortho nitro benzene ring substituents is 1. The summed E-state index contributed by atoms with van der Waals surface area (Å²) in [5, 5.41) is 22.7. The molecule has 2 heterocycles. The SMILES string of the molecule is CCOCCNc1nc(SCC)nc2c1cnn2CCNC(=O)c1ccc([N+](=O)[O-])cc1. The Hall–Kier alpha value is -3.25. The van der Waals surface area contributed by atoms with Crippen molar-refractivity contribution in [3.8, 4) is 0 Å². The molecule has 0 spiro atoms. The Morgan fingerprint density at radius 1 is 1.22 bits per heavy atom. The topological polar surface area (TPSA) is 137 Å². The van der Waals surface area contributed by atoms with Gasteiger partial charge in [-0.1, -0.05) is 18.7 Å². The Morgan fingerprint density at radius 2 is 2.00 bits per heavy atom. The predicted octanol–water partition coefficient (Wildman–Crippen LogP) is 2.72. The van der Waals surface area contributed by atoms with E-state index in [1.165, 1.54) is 36.0 Å². The second-order valence-electron chi connectivity index (χ2n) is 6.58. The molecule has 0 fully saturated rings. The Balaban J connectivity index is 1.68. The second kappa shape index (κ2) is 11.4. The van der Waals surface area contributed by atoms with Crippen molar-refractivity contribution < 1.29 is 14.5 Å². The summed E-state index contributed by atoms with van der Waals surface area (Å²) in [6.45, 7) is 6.55. The van der Waals surface area contributed by atoms with Gasteiger partial charge < -0.3 is 15.4 Å². The summed E-state index contributed by atoms with van der Waals surface area (Å²) in [7, 11) is 0. The fraction of sp³-hybridized carbons (Fsp3) is 0.400. The average Bonchev–Trinajstić information content (AvgIpc) is 3.20. The normalized spacial score (nSPS) is 10.9. The van der Waals surface area contributed by atoms with Crippen molar-refractivity contribution in [3.05, 3.63) is 46.1 Å². The number of thioether (sulfide) groups is 1. The van der Waals surface area contributed by atoms with E-state index in [4.69, 9.17) is 4.74 Å². The lowest BCUT2D eigenvalue weighted by molar-refractivity contribution is -0.384. The Labute approximate surface area is 189 Å². The predicted molar refractivity (Wildman–Crippen MR) is 122 cm³/mol. The molecule has 2 N–H and O–H groups in total. The number of nitrogens with one attached hydrogen (secondary N) is 2. The lowest BCUT2D eigenvalue weighted by Crippen LogP contribution is -2.27. The molecule has 1 amide bonds. The quantitative estimate of drug-likeness (QED) is 0.138. The zero-order valence-corrected chi connectivity index (χ0v) is 18.7. The highest BCUT2D eigenvalue weighted by Crippen LogP contribution is 2.24. The molecule has 2 aromatic heterocycles. The summed E-state index contributed by atoms with van der Waals surface area (Å²) in [6, 6.07) is 5.47. The van der Waals surface area contributed by atoms with Gasteiger partial charge in [-0.05, 0) is 24.8 Å². The van der Waals surface area contributed by atoms with Crippen molar-refractivity contribution in [2.75, 3.05) is 37.4 Å². The third-order valence-electron chi connectivity index (χ3n) is 4.44. The van der Waals surface area contributed by atoms with E-state index in [9.17, 15) is 14.9 Å². The minimum absolute atomic E-state index is 0.0596. The van der Waals surface area contributed by atoms with Gasteiger partial charge in [0.1, 0.15) is 5.82 Å². The molecule has 12 heteroatoms. The van der Waals surface area contributed by atoms with Gasteiger partial charge in [-0.25, -0.2) is 14.6 Å². The van der Waals surface area contributed by atoms with E-state index in [1.807, 2.05) is 13.8 Å². The molecule has 0 saturated carbocycles. The smallest absolute Gasteiger partial charge is 0.269 e. The number of fused-ring (bicyclic) bond motifs is 1. The minimum Gasteiger partial charge on any atom is -0.380 e. The first-order valence-electron chi connectivity index (χ1n) is 10.2. The molecule has 0 aliphatic rings. The zero-order chi connectivity index (χ0) is 22.9. The largest absolute Gasteiger partial charge is 0.380 e. The van der Waals surface area contributed by atoms with Crippen LogP contribution in [0.3, 0.4) is 0 Å². The van der Waals surface area contributed by atoms with Gasteiger partial charge in [0.15, 0.2) is 10.8 Å². The summed E-state index contributed by atoms with van der Waals surface area (Å²) in [5.74, 6) is 1.22. The van der Waals surface area contributed by atoms with Crippen LogP contribution >= 0.6 is 11.8 Å². The summed E-state index contributed by atoms with van der Waals surface area (Å²) in [5.41, 5.74) is 0.973. The number of ether oxygens (including phenoxy) is 1. The highest BCUT2D eigenvalue weighted by Gasteiger charge is 2.14. The van der Waals surface area contributed by atoms with Gasteiger partial charge in [0.25, 0.3) is 11.6 Å². The van der Waals surface area contributed by atoms with Crippen molar-refractivity contribution in [3.63, 3.8) is 0 Å². The number of nitro groups is 1. The van der Waals surface area contributed by atoms with Crippen LogP contribution in [0, 0.1) is 10.1 Å². The van der Waals surface area contributed by atoms with E-state index in [0.29, 0.717) is 55.0 Å². The number of carbonyl (C=O) groups excluding carboxylic acids is 1. The lowest BCUT2D eigenvalue weighted by atomic mass is 10.2. The summed E-state index contributed by atoms with van der Waals surface area (Å²) < 4.78 is 7.10.